The van der Waals surface area contributed by atoms with Crippen LogP contribution in [0.3, 0.4) is 0 Å². The van der Waals surface area contributed by atoms with Gasteiger partial charge in [0.2, 0.25) is 5.91 Å². The topological polar surface area (TPSA) is 59.6 Å². The molecule has 2 aromatic carbocycles. The third kappa shape index (κ3) is 5.60. The largest absolute Gasteiger partial charge is 0.384 e. The number of hydrogen-bond donors (Lipinski definition) is 2. The number of carbonyl (C=O) groups is 1. The maximum absolute atomic E-state index is 14.7. The molecule has 1 amide bonds. The zero-order chi connectivity index (χ0) is 21.9. The first-order chi connectivity index (χ1) is 14.3. The SMILES string of the molecule is COCc1ccc2c(c1)CCN[C@H]2C(=O)Nc1cc(F)c(C(C)(C)COC)c(F)c1.Cl. The predicted molar refractivity (Wildman–Crippen MR) is 119 cm³/mol. The third-order valence-corrected chi connectivity index (χ3v) is 5.33. The van der Waals surface area contributed by atoms with Crippen LogP contribution in [0.1, 0.15) is 42.1 Å². The number of amides is 1. The Kier molecular flexibility index (Phi) is 8.54. The van der Waals surface area contributed by atoms with E-state index in [1.807, 2.05) is 18.2 Å². The van der Waals surface area contributed by atoms with Gasteiger partial charge in [-0.25, -0.2) is 8.78 Å². The van der Waals surface area contributed by atoms with Crippen molar-refractivity contribution in [3.05, 3.63) is 64.2 Å². The summed E-state index contributed by atoms with van der Waals surface area (Å²) in [5.74, 6) is -1.79. The summed E-state index contributed by atoms with van der Waals surface area (Å²) in [7, 11) is 3.12. The van der Waals surface area contributed by atoms with Gasteiger partial charge in [0, 0.05) is 37.4 Å². The fourth-order valence-electron chi connectivity index (χ4n) is 4.05. The molecule has 0 aromatic heterocycles. The Morgan fingerprint density at radius 1 is 1.16 bits per heavy atom. The second-order valence-corrected chi connectivity index (χ2v) is 8.22. The van der Waals surface area contributed by atoms with Gasteiger partial charge in [0.1, 0.15) is 17.7 Å². The van der Waals surface area contributed by atoms with E-state index in [1.54, 1.807) is 21.0 Å². The number of ether oxygens (including phenoxy) is 2. The van der Waals surface area contributed by atoms with Crippen molar-refractivity contribution in [3.63, 3.8) is 0 Å². The van der Waals surface area contributed by atoms with Gasteiger partial charge in [-0.2, -0.15) is 0 Å². The highest BCUT2D eigenvalue weighted by molar-refractivity contribution is 5.96. The smallest absolute Gasteiger partial charge is 0.246 e. The quantitative estimate of drug-likeness (QED) is 0.655. The molecule has 0 radical (unpaired) electrons. The minimum absolute atomic E-state index is 0. The van der Waals surface area contributed by atoms with E-state index in [1.165, 1.54) is 7.11 Å². The molecule has 0 unspecified atom stereocenters. The average Bonchev–Trinajstić information content (AvgIpc) is 2.66. The molecule has 8 heteroatoms. The molecule has 170 valence electrons. The molecule has 1 heterocycles. The first-order valence-electron chi connectivity index (χ1n) is 9.90. The normalized spacial score (nSPS) is 15.7. The van der Waals surface area contributed by atoms with Crippen molar-refractivity contribution in [1.29, 1.82) is 0 Å². The van der Waals surface area contributed by atoms with Gasteiger partial charge in [-0.1, -0.05) is 32.0 Å². The number of benzene rings is 2. The van der Waals surface area contributed by atoms with Crippen molar-refractivity contribution in [2.75, 3.05) is 32.7 Å². The summed E-state index contributed by atoms with van der Waals surface area (Å²) in [6.45, 7) is 4.71. The Labute approximate surface area is 187 Å². The highest BCUT2D eigenvalue weighted by atomic mass is 35.5. The van der Waals surface area contributed by atoms with Crippen LogP contribution in [0.15, 0.2) is 30.3 Å². The van der Waals surface area contributed by atoms with Crippen molar-refractivity contribution in [2.24, 2.45) is 0 Å². The fourth-order valence-corrected chi connectivity index (χ4v) is 4.05. The number of nitrogens with one attached hydrogen (secondary N) is 2. The van der Waals surface area contributed by atoms with E-state index in [4.69, 9.17) is 9.47 Å². The van der Waals surface area contributed by atoms with Crippen LogP contribution in [0.4, 0.5) is 14.5 Å². The van der Waals surface area contributed by atoms with Gasteiger partial charge in [-0.3, -0.25) is 4.79 Å². The molecular weight excluding hydrogens is 426 g/mol. The summed E-state index contributed by atoms with van der Waals surface area (Å²) in [5, 5.41) is 5.83. The van der Waals surface area contributed by atoms with Crippen LogP contribution in [0, 0.1) is 11.6 Å². The fraction of sp³-hybridized carbons (Fsp3) is 0.435. The van der Waals surface area contributed by atoms with E-state index >= 15 is 0 Å². The highest BCUT2D eigenvalue weighted by Gasteiger charge is 2.30. The molecule has 2 aromatic rings. The predicted octanol–water partition coefficient (Wildman–Crippen LogP) is 4.28. The number of methoxy groups -OCH3 is 2. The maximum Gasteiger partial charge on any atom is 0.246 e. The first kappa shape index (κ1) is 25.2. The Hall–Kier alpha value is -2.06. The van der Waals surface area contributed by atoms with Crippen molar-refractivity contribution in [1.82, 2.24) is 5.32 Å². The molecule has 1 aliphatic heterocycles. The monoisotopic (exact) mass is 454 g/mol. The highest BCUT2D eigenvalue weighted by Crippen LogP contribution is 2.32. The average molecular weight is 455 g/mol. The van der Waals surface area contributed by atoms with Crippen LogP contribution in [0.5, 0.6) is 0 Å². The van der Waals surface area contributed by atoms with E-state index in [0.29, 0.717) is 13.2 Å². The lowest BCUT2D eigenvalue weighted by Gasteiger charge is -2.27. The molecule has 0 fully saturated rings. The van der Waals surface area contributed by atoms with Crippen LogP contribution < -0.4 is 10.6 Å². The van der Waals surface area contributed by atoms with Crippen LogP contribution >= 0.6 is 12.4 Å². The zero-order valence-electron chi connectivity index (χ0n) is 18.2. The number of rotatable bonds is 7. The Balaban J connectivity index is 0.00000341. The van der Waals surface area contributed by atoms with Crippen molar-refractivity contribution < 1.29 is 23.0 Å². The van der Waals surface area contributed by atoms with Gasteiger partial charge < -0.3 is 20.1 Å². The Bertz CT molecular complexity index is 914. The molecule has 0 saturated carbocycles. The molecular formula is C23H29ClF2N2O3. The molecule has 1 atom stereocenters. The second-order valence-electron chi connectivity index (χ2n) is 8.22. The van der Waals surface area contributed by atoms with Crippen LogP contribution in [-0.4, -0.2) is 33.3 Å². The van der Waals surface area contributed by atoms with Crippen LogP contribution in [-0.2, 0) is 32.7 Å². The van der Waals surface area contributed by atoms with Gasteiger partial charge in [0.05, 0.1) is 13.2 Å². The van der Waals surface area contributed by atoms with Gasteiger partial charge in [-0.05, 0) is 35.2 Å². The van der Waals surface area contributed by atoms with E-state index in [-0.39, 0.29) is 36.2 Å². The minimum Gasteiger partial charge on any atom is -0.384 e. The molecule has 5 nitrogen and oxygen atoms in total. The van der Waals surface area contributed by atoms with Gasteiger partial charge >= 0.3 is 0 Å². The van der Waals surface area contributed by atoms with Crippen LogP contribution in [0.25, 0.3) is 0 Å². The van der Waals surface area contributed by atoms with Crippen molar-refractivity contribution >= 4 is 24.0 Å². The summed E-state index contributed by atoms with van der Waals surface area (Å²) in [4.78, 5) is 12.9. The number of fused-ring (bicyclic) bond motifs is 1. The van der Waals surface area contributed by atoms with E-state index in [2.05, 4.69) is 10.6 Å². The summed E-state index contributed by atoms with van der Waals surface area (Å²) in [6, 6.07) is 7.56. The zero-order valence-corrected chi connectivity index (χ0v) is 19.0. The maximum atomic E-state index is 14.7. The standard InChI is InChI=1S/C23H28F2N2O3.ClH/c1-23(2,13-30-4)20-18(24)10-16(11-19(20)25)27-22(28)21-17-6-5-14(12-29-3)9-15(17)7-8-26-21;/h5-6,9-11,21,26H,7-8,12-13H2,1-4H3,(H,27,28);1H/t21-;/m1./s1. The van der Waals surface area contributed by atoms with Crippen molar-refractivity contribution in [2.45, 2.75) is 38.3 Å². The summed E-state index contributed by atoms with van der Waals surface area (Å²) in [6.07, 6.45) is 0.795. The van der Waals surface area contributed by atoms with E-state index in [9.17, 15) is 13.6 Å². The third-order valence-electron chi connectivity index (χ3n) is 5.33. The number of halogens is 3. The van der Waals surface area contributed by atoms with Crippen LogP contribution in [0.2, 0.25) is 0 Å². The minimum atomic E-state index is -0.838. The molecule has 0 aliphatic carbocycles. The van der Waals surface area contributed by atoms with Gasteiger partial charge in [0.15, 0.2) is 0 Å². The Morgan fingerprint density at radius 2 is 1.84 bits per heavy atom. The molecule has 2 N–H and O–H groups in total. The van der Waals surface area contributed by atoms with Gasteiger partial charge in [0.25, 0.3) is 0 Å². The van der Waals surface area contributed by atoms with E-state index < -0.39 is 23.1 Å². The Morgan fingerprint density at radius 3 is 2.45 bits per heavy atom. The van der Waals surface area contributed by atoms with Crippen molar-refractivity contribution in [3.8, 4) is 0 Å². The summed E-state index contributed by atoms with van der Waals surface area (Å²) < 4.78 is 39.7. The summed E-state index contributed by atoms with van der Waals surface area (Å²) in [5.41, 5.74) is 2.14. The molecule has 0 spiro atoms. The number of anilines is 1. The molecule has 31 heavy (non-hydrogen) atoms. The molecule has 1 aliphatic rings. The lowest BCUT2D eigenvalue weighted by atomic mass is 9.84. The molecule has 0 saturated heterocycles. The first-order valence-corrected chi connectivity index (χ1v) is 9.90. The molecule has 3 rings (SSSR count). The molecule has 0 bridgehead atoms. The summed E-state index contributed by atoms with van der Waals surface area (Å²) >= 11 is 0. The number of carbonyl (C=O) groups excluding carboxylic acids is 1. The van der Waals surface area contributed by atoms with E-state index in [0.717, 1.165) is 35.2 Å². The second kappa shape index (κ2) is 10.5. The lowest BCUT2D eigenvalue weighted by Crippen LogP contribution is -2.38. The number of hydrogen-bond acceptors (Lipinski definition) is 4. The van der Waals surface area contributed by atoms with Gasteiger partial charge in [-0.15, -0.1) is 12.4 Å². The lowest BCUT2D eigenvalue weighted by molar-refractivity contribution is -0.118.